The van der Waals surface area contributed by atoms with Gasteiger partial charge in [0.05, 0.1) is 23.1 Å². The summed E-state index contributed by atoms with van der Waals surface area (Å²) in [6.07, 6.45) is 0.941. The molecule has 134 valence electrons. The molecule has 2 atom stereocenters. The number of halogens is 2. The van der Waals surface area contributed by atoms with Gasteiger partial charge in [-0.1, -0.05) is 63.9 Å². The fourth-order valence-electron chi connectivity index (χ4n) is 3.89. The number of aromatic nitrogens is 2. The second kappa shape index (κ2) is 6.70. The number of hydrogen-bond donors (Lipinski definition) is 1. The normalized spacial score (nSPS) is 18.9. The maximum Gasteiger partial charge on any atom is 0.204 e. The van der Waals surface area contributed by atoms with Crippen molar-refractivity contribution in [2.24, 2.45) is 0 Å². The van der Waals surface area contributed by atoms with Gasteiger partial charge in [0.1, 0.15) is 0 Å². The fourth-order valence-corrected chi connectivity index (χ4v) is 4.28. The number of anilines is 1. The van der Waals surface area contributed by atoms with Crippen LogP contribution in [0.1, 0.15) is 29.6 Å². The summed E-state index contributed by atoms with van der Waals surface area (Å²) in [5.41, 5.74) is 4.66. The molecule has 0 amide bonds. The van der Waals surface area contributed by atoms with Gasteiger partial charge in [0, 0.05) is 9.50 Å². The SMILES string of the molecule is Clc1ccc([C@@H]2C[C@@H](c3ccc(Br)cc3)Nc3nc4ccccc4n32)cc1. The van der Waals surface area contributed by atoms with Gasteiger partial charge < -0.3 is 9.88 Å². The molecule has 1 N–H and O–H groups in total. The molecule has 0 saturated carbocycles. The summed E-state index contributed by atoms with van der Waals surface area (Å²) in [4.78, 5) is 4.86. The Morgan fingerprint density at radius 3 is 2.41 bits per heavy atom. The molecule has 1 aliphatic rings. The van der Waals surface area contributed by atoms with Crippen LogP contribution in [0, 0.1) is 0 Å². The van der Waals surface area contributed by atoms with Crippen molar-refractivity contribution in [3.05, 3.63) is 93.4 Å². The van der Waals surface area contributed by atoms with Crippen LogP contribution in [0.5, 0.6) is 0 Å². The number of imidazole rings is 1. The van der Waals surface area contributed by atoms with Gasteiger partial charge in [-0.3, -0.25) is 0 Å². The number of rotatable bonds is 2. The standard InChI is InChI=1S/C22H17BrClN3/c23-16-9-5-14(6-10-16)19-13-21(15-7-11-17(24)12-8-15)27-20-4-2-1-3-18(20)25-22(27)26-19/h1-12,19,21H,13H2,(H,25,26)/t19-,21-/m0/s1. The zero-order valence-electron chi connectivity index (χ0n) is 14.4. The minimum atomic E-state index is 0.194. The Hall–Kier alpha value is -2.30. The van der Waals surface area contributed by atoms with Gasteiger partial charge in [0.2, 0.25) is 5.95 Å². The van der Waals surface area contributed by atoms with Crippen molar-refractivity contribution in [2.75, 3.05) is 5.32 Å². The summed E-state index contributed by atoms with van der Waals surface area (Å²) in [6.45, 7) is 0. The van der Waals surface area contributed by atoms with Crippen LogP contribution in [0.2, 0.25) is 5.02 Å². The molecule has 5 rings (SSSR count). The van der Waals surface area contributed by atoms with Crippen LogP contribution in [0.3, 0.4) is 0 Å². The molecule has 2 heterocycles. The number of nitrogens with one attached hydrogen (secondary N) is 1. The first kappa shape index (κ1) is 16.8. The van der Waals surface area contributed by atoms with E-state index in [9.17, 15) is 0 Å². The van der Waals surface area contributed by atoms with E-state index >= 15 is 0 Å². The molecule has 0 spiro atoms. The van der Waals surface area contributed by atoms with Gasteiger partial charge >= 0.3 is 0 Å². The lowest BCUT2D eigenvalue weighted by Gasteiger charge is -2.33. The van der Waals surface area contributed by atoms with Gasteiger partial charge in [-0.05, 0) is 53.9 Å². The predicted octanol–water partition coefficient (Wildman–Crippen LogP) is 6.60. The number of fused-ring (bicyclic) bond motifs is 3. The van der Waals surface area contributed by atoms with E-state index in [2.05, 4.69) is 80.4 Å². The van der Waals surface area contributed by atoms with Crippen LogP contribution in [0.4, 0.5) is 5.95 Å². The lowest BCUT2D eigenvalue weighted by molar-refractivity contribution is 0.477. The van der Waals surface area contributed by atoms with E-state index in [1.54, 1.807) is 0 Å². The predicted molar refractivity (Wildman–Crippen MR) is 114 cm³/mol. The van der Waals surface area contributed by atoms with Gasteiger partial charge in [0.15, 0.2) is 0 Å². The Bertz CT molecular complexity index is 1100. The average Bonchev–Trinajstić information content (AvgIpc) is 3.07. The van der Waals surface area contributed by atoms with Crippen molar-refractivity contribution in [1.29, 1.82) is 0 Å². The quantitative estimate of drug-likeness (QED) is 0.382. The maximum atomic E-state index is 6.13. The second-order valence-electron chi connectivity index (χ2n) is 6.85. The van der Waals surface area contributed by atoms with Crippen LogP contribution < -0.4 is 5.32 Å². The lowest BCUT2D eigenvalue weighted by Crippen LogP contribution is -2.27. The van der Waals surface area contributed by atoms with Crippen molar-refractivity contribution in [1.82, 2.24) is 9.55 Å². The van der Waals surface area contributed by atoms with Crippen LogP contribution >= 0.6 is 27.5 Å². The third-order valence-electron chi connectivity index (χ3n) is 5.20. The van der Waals surface area contributed by atoms with E-state index in [-0.39, 0.29) is 12.1 Å². The molecule has 0 saturated heterocycles. The number of para-hydroxylation sites is 2. The summed E-state index contributed by atoms with van der Waals surface area (Å²) in [7, 11) is 0. The topological polar surface area (TPSA) is 29.9 Å². The summed E-state index contributed by atoms with van der Waals surface area (Å²) >= 11 is 9.65. The Kier molecular flexibility index (Phi) is 4.18. The Morgan fingerprint density at radius 2 is 1.63 bits per heavy atom. The first-order chi connectivity index (χ1) is 13.2. The Morgan fingerprint density at radius 1 is 0.926 bits per heavy atom. The van der Waals surface area contributed by atoms with Crippen LogP contribution in [-0.2, 0) is 0 Å². The highest BCUT2D eigenvalue weighted by atomic mass is 79.9. The molecule has 1 aromatic heterocycles. The van der Waals surface area contributed by atoms with E-state index in [1.165, 1.54) is 11.1 Å². The fraction of sp³-hybridized carbons (Fsp3) is 0.136. The highest BCUT2D eigenvalue weighted by molar-refractivity contribution is 9.10. The third kappa shape index (κ3) is 3.03. The average molecular weight is 439 g/mol. The molecule has 0 fully saturated rings. The Balaban J connectivity index is 1.65. The second-order valence-corrected chi connectivity index (χ2v) is 8.20. The number of benzene rings is 3. The minimum absolute atomic E-state index is 0.194. The van der Waals surface area contributed by atoms with E-state index in [0.717, 1.165) is 32.9 Å². The molecule has 3 aromatic carbocycles. The molecule has 3 nitrogen and oxygen atoms in total. The van der Waals surface area contributed by atoms with Crippen LogP contribution in [-0.4, -0.2) is 9.55 Å². The van der Waals surface area contributed by atoms with Crippen molar-refractivity contribution in [3.8, 4) is 0 Å². The van der Waals surface area contributed by atoms with Gasteiger partial charge in [-0.25, -0.2) is 4.98 Å². The van der Waals surface area contributed by atoms with Crippen LogP contribution in [0.15, 0.2) is 77.3 Å². The van der Waals surface area contributed by atoms with E-state index in [0.29, 0.717) is 0 Å². The van der Waals surface area contributed by atoms with E-state index in [1.807, 2.05) is 18.2 Å². The molecule has 5 heteroatoms. The molecule has 1 aliphatic heterocycles. The van der Waals surface area contributed by atoms with Crippen molar-refractivity contribution >= 4 is 44.5 Å². The third-order valence-corrected chi connectivity index (χ3v) is 5.98. The highest BCUT2D eigenvalue weighted by Crippen LogP contribution is 2.41. The molecule has 0 bridgehead atoms. The highest BCUT2D eigenvalue weighted by Gasteiger charge is 2.30. The first-order valence-electron chi connectivity index (χ1n) is 8.93. The monoisotopic (exact) mass is 437 g/mol. The van der Waals surface area contributed by atoms with Crippen molar-refractivity contribution in [2.45, 2.75) is 18.5 Å². The van der Waals surface area contributed by atoms with Gasteiger partial charge in [-0.15, -0.1) is 0 Å². The van der Waals surface area contributed by atoms with E-state index < -0.39 is 0 Å². The zero-order chi connectivity index (χ0) is 18.4. The molecule has 0 unspecified atom stereocenters. The largest absolute Gasteiger partial charge is 0.349 e. The summed E-state index contributed by atoms with van der Waals surface area (Å²) in [5, 5.41) is 4.40. The van der Waals surface area contributed by atoms with Gasteiger partial charge in [0.25, 0.3) is 0 Å². The first-order valence-corrected chi connectivity index (χ1v) is 10.1. The summed E-state index contributed by atoms with van der Waals surface area (Å²) in [6, 6.07) is 25.4. The molecule has 0 radical (unpaired) electrons. The molecule has 27 heavy (non-hydrogen) atoms. The Labute approximate surface area is 171 Å². The smallest absolute Gasteiger partial charge is 0.204 e. The zero-order valence-corrected chi connectivity index (χ0v) is 16.8. The van der Waals surface area contributed by atoms with Crippen molar-refractivity contribution in [3.63, 3.8) is 0 Å². The number of hydrogen-bond acceptors (Lipinski definition) is 2. The van der Waals surface area contributed by atoms with Gasteiger partial charge in [-0.2, -0.15) is 0 Å². The van der Waals surface area contributed by atoms with Crippen molar-refractivity contribution < 1.29 is 0 Å². The lowest BCUT2D eigenvalue weighted by atomic mass is 9.93. The maximum absolute atomic E-state index is 6.13. The number of nitrogens with zero attached hydrogens (tertiary/aromatic N) is 2. The summed E-state index contributed by atoms with van der Waals surface area (Å²) in [5.74, 6) is 0.912. The molecule has 0 aliphatic carbocycles. The minimum Gasteiger partial charge on any atom is -0.349 e. The van der Waals surface area contributed by atoms with Crippen LogP contribution in [0.25, 0.3) is 11.0 Å². The molecular formula is C22H17BrClN3. The summed E-state index contributed by atoms with van der Waals surface area (Å²) < 4.78 is 3.40. The molecular weight excluding hydrogens is 422 g/mol. The molecule has 4 aromatic rings. The van der Waals surface area contributed by atoms with E-state index in [4.69, 9.17) is 16.6 Å².